The van der Waals surface area contributed by atoms with Gasteiger partial charge in [-0.1, -0.05) is 28.1 Å². The summed E-state index contributed by atoms with van der Waals surface area (Å²) in [5.74, 6) is 0. The molecule has 78 valence electrons. The van der Waals surface area contributed by atoms with Crippen LogP contribution >= 0.6 is 27.3 Å². The predicted molar refractivity (Wildman–Crippen MR) is 65.9 cm³/mol. The maximum Gasteiger partial charge on any atom is 0.123 e. The van der Waals surface area contributed by atoms with Crippen LogP contribution in [-0.4, -0.2) is 10.1 Å². The first-order valence-electron chi connectivity index (χ1n) is 4.56. The minimum Gasteiger partial charge on any atom is -0.387 e. The molecule has 0 unspecified atom stereocenters. The number of rotatable bonds is 2. The largest absolute Gasteiger partial charge is 0.387 e. The maximum absolute atomic E-state index is 9.36. The highest BCUT2D eigenvalue weighted by Gasteiger charge is 2.07. The Labute approximate surface area is 101 Å². The van der Waals surface area contributed by atoms with Gasteiger partial charge in [0, 0.05) is 15.4 Å². The monoisotopic (exact) mass is 283 g/mol. The molecule has 0 aliphatic carbocycles. The molecule has 2 nitrogen and oxygen atoms in total. The van der Waals surface area contributed by atoms with Gasteiger partial charge in [0.05, 0.1) is 11.8 Å². The Balaban J connectivity index is 2.33. The molecular weight excluding hydrogens is 274 g/mol. The average molecular weight is 284 g/mol. The lowest BCUT2D eigenvalue weighted by molar-refractivity contribution is 0.195. The SMILES string of the molecule is C[C@@H](O)c1csc(-c2ccc(Br)cc2)n1. The van der Waals surface area contributed by atoms with Crippen LogP contribution in [0.3, 0.4) is 0 Å². The molecule has 1 aromatic heterocycles. The standard InChI is InChI=1S/C11H10BrNOS/c1-7(14)10-6-15-11(13-10)8-2-4-9(12)5-3-8/h2-7,14H,1H3/t7-/m1/s1. The molecule has 0 aliphatic rings. The summed E-state index contributed by atoms with van der Waals surface area (Å²) in [4.78, 5) is 4.36. The van der Waals surface area contributed by atoms with Gasteiger partial charge in [-0.2, -0.15) is 0 Å². The van der Waals surface area contributed by atoms with E-state index in [1.165, 1.54) is 0 Å². The minimum absolute atomic E-state index is 0.495. The number of nitrogens with zero attached hydrogens (tertiary/aromatic N) is 1. The molecule has 0 fully saturated rings. The molecule has 0 spiro atoms. The van der Waals surface area contributed by atoms with Crippen LogP contribution in [-0.2, 0) is 0 Å². The molecule has 1 atom stereocenters. The first kappa shape index (κ1) is 10.8. The molecule has 1 heterocycles. The number of hydrogen-bond acceptors (Lipinski definition) is 3. The Kier molecular flexibility index (Phi) is 3.19. The van der Waals surface area contributed by atoms with E-state index in [4.69, 9.17) is 0 Å². The van der Waals surface area contributed by atoms with Crippen molar-refractivity contribution in [1.29, 1.82) is 0 Å². The lowest BCUT2D eigenvalue weighted by atomic mass is 10.2. The van der Waals surface area contributed by atoms with Crippen LogP contribution < -0.4 is 0 Å². The van der Waals surface area contributed by atoms with Crippen molar-refractivity contribution < 1.29 is 5.11 Å². The summed E-state index contributed by atoms with van der Waals surface area (Å²) in [6, 6.07) is 7.99. The third-order valence-electron chi connectivity index (χ3n) is 2.04. The fourth-order valence-corrected chi connectivity index (χ4v) is 2.38. The molecule has 2 rings (SSSR count). The van der Waals surface area contributed by atoms with Gasteiger partial charge in [-0.3, -0.25) is 0 Å². The second-order valence-corrected chi connectivity index (χ2v) is 5.03. The lowest BCUT2D eigenvalue weighted by Crippen LogP contribution is -1.90. The van der Waals surface area contributed by atoms with E-state index in [1.54, 1.807) is 18.3 Å². The van der Waals surface area contributed by atoms with E-state index in [0.29, 0.717) is 0 Å². The second-order valence-electron chi connectivity index (χ2n) is 3.26. The van der Waals surface area contributed by atoms with Crippen LogP contribution in [0.1, 0.15) is 18.7 Å². The van der Waals surface area contributed by atoms with E-state index in [0.717, 1.165) is 20.7 Å². The van der Waals surface area contributed by atoms with Gasteiger partial charge in [0.15, 0.2) is 0 Å². The Morgan fingerprint density at radius 2 is 2.00 bits per heavy atom. The Hall–Kier alpha value is -0.710. The number of thiazole rings is 1. The van der Waals surface area contributed by atoms with Crippen LogP contribution in [0.4, 0.5) is 0 Å². The van der Waals surface area contributed by atoms with Crippen molar-refractivity contribution in [3.63, 3.8) is 0 Å². The lowest BCUT2D eigenvalue weighted by Gasteiger charge is -1.98. The molecule has 0 radical (unpaired) electrons. The fourth-order valence-electron chi connectivity index (χ4n) is 1.20. The van der Waals surface area contributed by atoms with Gasteiger partial charge in [0.1, 0.15) is 5.01 Å². The highest BCUT2D eigenvalue weighted by Crippen LogP contribution is 2.27. The van der Waals surface area contributed by atoms with E-state index < -0.39 is 6.10 Å². The summed E-state index contributed by atoms with van der Waals surface area (Å²) in [5.41, 5.74) is 1.81. The zero-order chi connectivity index (χ0) is 10.8. The van der Waals surface area contributed by atoms with Crippen LogP contribution in [0, 0.1) is 0 Å². The molecule has 4 heteroatoms. The molecule has 0 saturated heterocycles. The van der Waals surface area contributed by atoms with Gasteiger partial charge in [0.25, 0.3) is 0 Å². The molecule has 0 amide bonds. The average Bonchev–Trinajstić information content (AvgIpc) is 2.68. The van der Waals surface area contributed by atoms with Crippen molar-refractivity contribution in [2.45, 2.75) is 13.0 Å². The first-order chi connectivity index (χ1) is 7.16. The quantitative estimate of drug-likeness (QED) is 0.913. The number of hydrogen-bond donors (Lipinski definition) is 1. The zero-order valence-electron chi connectivity index (χ0n) is 8.14. The number of aromatic nitrogens is 1. The normalized spacial score (nSPS) is 12.7. The van der Waals surface area contributed by atoms with Crippen molar-refractivity contribution >= 4 is 27.3 Å². The van der Waals surface area contributed by atoms with Crippen LogP contribution in [0.5, 0.6) is 0 Å². The second kappa shape index (κ2) is 4.43. The summed E-state index contributed by atoms with van der Waals surface area (Å²) in [6.07, 6.45) is -0.495. The topological polar surface area (TPSA) is 33.1 Å². The van der Waals surface area contributed by atoms with Crippen LogP contribution in [0.25, 0.3) is 10.6 Å². The van der Waals surface area contributed by atoms with Crippen molar-refractivity contribution in [3.05, 3.63) is 39.8 Å². The summed E-state index contributed by atoms with van der Waals surface area (Å²) in [7, 11) is 0. The van der Waals surface area contributed by atoms with E-state index in [-0.39, 0.29) is 0 Å². The number of benzene rings is 1. The Morgan fingerprint density at radius 3 is 2.53 bits per heavy atom. The Bertz CT molecular complexity index is 450. The van der Waals surface area contributed by atoms with Crippen LogP contribution in [0.15, 0.2) is 34.1 Å². The fraction of sp³-hybridized carbons (Fsp3) is 0.182. The number of aliphatic hydroxyl groups excluding tert-OH is 1. The first-order valence-corrected chi connectivity index (χ1v) is 6.23. The van der Waals surface area contributed by atoms with Gasteiger partial charge in [0.2, 0.25) is 0 Å². The number of halogens is 1. The molecule has 2 aromatic rings. The minimum atomic E-state index is -0.495. The smallest absolute Gasteiger partial charge is 0.123 e. The highest BCUT2D eigenvalue weighted by molar-refractivity contribution is 9.10. The van der Waals surface area contributed by atoms with E-state index in [2.05, 4.69) is 20.9 Å². The number of aliphatic hydroxyl groups is 1. The van der Waals surface area contributed by atoms with Crippen molar-refractivity contribution in [2.24, 2.45) is 0 Å². The maximum atomic E-state index is 9.36. The van der Waals surface area contributed by atoms with E-state index >= 15 is 0 Å². The molecule has 0 saturated carbocycles. The van der Waals surface area contributed by atoms with Crippen LogP contribution in [0.2, 0.25) is 0 Å². The van der Waals surface area contributed by atoms with E-state index in [1.807, 2.05) is 29.6 Å². The third kappa shape index (κ3) is 2.45. The molecular formula is C11H10BrNOS. The molecule has 15 heavy (non-hydrogen) atoms. The summed E-state index contributed by atoms with van der Waals surface area (Å²) in [6.45, 7) is 1.72. The van der Waals surface area contributed by atoms with Gasteiger partial charge < -0.3 is 5.11 Å². The van der Waals surface area contributed by atoms with Crippen molar-refractivity contribution in [2.75, 3.05) is 0 Å². The van der Waals surface area contributed by atoms with Crippen molar-refractivity contribution in [1.82, 2.24) is 4.98 Å². The summed E-state index contributed by atoms with van der Waals surface area (Å²) < 4.78 is 1.05. The van der Waals surface area contributed by atoms with Gasteiger partial charge >= 0.3 is 0 Å². The van der Waals surface area contributed by atoms with Crippen molar-refractivity contribution in [3.8, 4) is 10.6 Å². The third-order valence-corrected chi connectivity index (χ3v) is 3.48. The highest BCUT2D eigenvalue weighted by atomic mass is 79.9. The zero-order valence-corrected chi connectivity index (χ0v) is 10.5. The van der Waals surface area contributed by atoms with Gasteiger partial charge in [-0.05, 0) is 19.1 Å². The predicted octanol–water partition coefficient (Wildman–Crippen LogP) is 3.63. The van der Waals surface area contributed by atoms with E-state index in [9.17, 15) is 5.11 Å². The molecule has 0 aliphatic heterocycles. The summed E-state index contributed by atoms with van der Waals surface area (Å²) >= 11 is 4.94. The van der Waals surface area contributed by atoms with Gasteiger partial charge in [-0.25, -0.2) is 4.98 Å². The molecule has 0 bridgehead atoms. The Morgan fingerprint density at radius 1 is 1.33 bits per heavy atom. The molecule has 1 aromatic carbocycles. The molecule has 1 N–H and O–H groups in total. The summed E-state index contributed by atoms with van der Waals surface area (Å²) in [5, 5.41) is 12.2. The van der Waals surface area contributed by atoms with Gasteiger partial charge in [-0.15, -0.1) is 11.3 Å².